The van der Waals surface area contributed by atoms with Gasteiger partial charge in [-0.05, 0) is 38.7 Å². The number of fused-ring (bicyclic) bond motifs is 1. The van der Waals surface area contributed by atoms with E-state index in [2.05, 4.69) is 25.1 Å². The molecule has 1 heterocycles. The van der Waals surface area contributed by atoms with Gasteiger partial charge in [0, 0.05) is 23.2 Å². The van der Waals surface area contributed by atoms with E-state index in [4.69, 9.17) is 0 Å². The highest BCUT2D eigenvalue weighted by molar-refractivity contribution is 6.54. The van der Waals surface area contributed by atoms with E-state index in [0.29, 0.717) is 35.4 Å². The quantitative estimate of drug-likeness (QED) is 0.413. The Bertz CT molecular complexity index is 995. The number of aliphatic hydroxyl groups excluding tert-OH is 1. The molecule has 162 valence electrons. The Balaban J connectivity index is 0.000000785. The molecule has 2 aromatic carbocycles. The summed E-state index contributed by atoms with van der Waals surface area (Å²) in [6, 6.07) is 12.4. The Labute approximate surface area is 183 Å². The molecule has 1 atom stereocenters. The molecule has 1 amide bonds. The van der Waals surface area contributed by atoms with Crippen LogP contribution in [-0.4, -0.2) is 48.6 Å². The van der Waals surface area contributed by atoms with Gasteiger partial charge in [-0.3, -0.25) is 14.5 Å². The highest BCUT2D eigenvalue weighted by Crippen LogP contribution is 2.31. The van der Waals surface area contributed by atoms with Crippen LogP contribution in [0.3, 0.4) is 0 Å². The second kappa shape index (κ2) is 11.2. The van der Waals surface area contributed by atoms with Crippen LogP contribution < -0.4 is 4.90 Å². The maximum Gasteiger partial charge on any atom is 0.277 e. The molecule has 1 N–H and O–H groups in total. The molecule has 0 saturated carbocycles. The van der Waals surface area contributed by atoms with Crippen molar-refractivity contribution in [2.24, 2.45) is 4.99 Å². The monoisotopic (exact) mass is 419 g/mol. The molecule has 2 aromatic rings. The van der Waals surface area contributed by atoms with Crippen LogP contribution in [0.15, 0.2) is 72.8 Å². The zero-order valence-corrected chi connectivity index (χ0v) is 18.3. The molecule has 0 saturated heterocycles. The summed E-state index contributed by atoms with van der Waals surface area (Å²) >= 11 is 0. The molecule has 1 aliphatic heterocycles. The largest absolute Gasteiger partial charge is 0.374 e. The first-order valence-corrected chi connectivity index (χ1v) is 10.0. The number of allylic oxidation sites excluding steroid dienone is 1. The van der Waals surface area contributed by atoms with Crippen molar-refractivity contribution in [1.29, 1.82) is 0 Å². The predicted molar refractivity (Wildman–Crippen MR) is 126 cm³/mol. The van der Waals surface area contributed by atoms with E-state index in [0.717, 1.165) is 17.7 Å². The summed E-state index contributed by atoms with van der Waals surface area (Å²) in [5, 5.41) is 10.2. The third kappa shape index (κ3) is 5.42. The van der Waals surface area contributed by atoms with Gasteiger partial charge in [0.1, 0.15) is 11.9 Å². The lowest BCUT2D eigenvalue weighted by molar-refractivity contribution is -0.112. The zero-order chi connectivity index (χ0) is 23.0. The molecule has 31 heavy (non-hydrogen) atoms. The van der Waals surface area contributed by atoms with Crippen molar-refractivity contribution in [2.45, 2.75) is 19.6 Å². The fraction of sp³-hybridized carbons (Fsp3) is 0.240. The van der Waals surface area contributed by atoms with E-state index in [1.807, 2.05) is 30.3 Å². The Morgan fingerprint density at radius 3 is 2.42 bits per heavy atom. The number of anilines is 1. The number of carbonyl (C=O) groups excluding carboxylic acids is 2. The average Bonchev–Trinajstić information content (AvgIpc) is 3.05. The van der Waals surface area contributed by atoms with E-state index < -0.39 is 6.23 Å². The summed E-state index contributed by atoms with van der Waals surface area (Å²) in [6.45, 7) is 9.64. The van der Waals surface area contributed by atoms with Crippen LogP contribution in [0.25, 0.3) is 0 Å². The summed E-state index contributed by atoms with van der Waals surface area (Å²) in [5.41, 5.74) is 3.16. The minimum atomic E-state index is -0.899. The number of para-hydroxylation sites is 1. The molecule has 0 radical (unpaired) electrons. The van der Waals surface area contributed by atoms with Gasteiger partial charge in [0.2, 0.25) is 0 Å². The number of amides is 1. The molecule has 0 fully saturated rings. The topological polar surface area (TPSA) is 73.2 Å². The van der Waals surface area contributed by atoms with Crippen molar-refractivity contribution in [2.75, 3.05) is 25.5 Å². The number of rotatable bonds is 7. The first-order valence-electron chi connectivity index (χ1n) is 10.0. The first-order chi connectivity index (χ1) is 14.9. The van der Waals surface area contributed by atoms with E-state index in [-0.39, 0.29) is 5.91 Å². The minimum Gasteiger partial charge on any atom is -0.374 e. The van der Waals surface area contributed by atoms with Crippen LogP contribution in [0.4, 0.5) is 11.4 Å². The molecule has 0 aliphatic carbocycles. The Morgan fingerprint density at radius 1 is 1.16 bits per heavy atom. The molecule has 6 nitrogen and oxygen atoms in total. The number of aldehydes is 1. The lowest BCUT2D eigenvalue weighted by Gasteiger charge is -2.20. The molecule has 1 aliphatic rings. The summed E-state index contributed by atoms with van der Waals surface area (Å²) in [7, 11) is 3.44. The SMILES string of the molecule is C=CCC.C=CCN1C(=O)C(=Nc2ccc(C(O)N(C)C)c(C=O)c2)c2ccccc21. The van der Waals surface area contributed by atoms with E-state index in [9.17, 15) is 14.7 Å². The van der Waals surface area contributed by atoms with E-state index in [1.54, 1.807) is 48.2 Å². The summed E-state index contributed by atoms with van der Waals surface area (Å²) in [4.78, 5) is 32.0. The lowest BCUT2D eigenvalue weighted by Crippen LogP contribution is -2.30. The van der Waals surface area contributed by atoms with Gasteiger partial charge in [-0.15, -0.1) is 13.2 Å². The van der Waals surface area contributed by atoms with Crippen molar-refractivity contribution < 1.29 is 14.7 Å². The van der Waals surface area contributed by atoms with Gasteiger partial charge in [-0.1, -0.05) is 43.3 Å². The van der Waals surface area contributed by atoms with Gasteiger partial charge in [0.15, 0.2) is 6.29 Å². The average molecular weight is 420 g/mol. The minimum absolute atomic E-state index is 0.207. The first kappa shape index (κ1) is 23.9. The maximum atomic E-state index is 12.8. The molecular formula is C25H29N3O3. The fourth-order valence-corrected chi connectivity index (χ4v) is 3.06. The summed E-state index contributed by atoms with van der Waals surface area (Å²) in [6.07, 6.45) is 4.41. The smallest absolute Gasteiger partial charge is 0.277 e. The number of benzene rings is 2. The van der Waals surface area contributed by atoms with Crippen LogP contribution >= 0.6 is 0 Å². The lowest BCUT2D eigenvalue weighted by atomic mass is 10.1. The molecule has 6 heteroatoms. The van der Waals surface area contributed by atoms with Gasteiger partial charge >= 0.3 is 0 Å². The Kier molecular flexibility index (Phi) is 8.61. The van der Waals surface area contributed by atoms with E-state index in [1.165, 1.54) is 0 Å². The van der Waals surface area contributed by atoms with Crippen molar-refractivity contribution >= 4 is 29.3 Å². The van der Waals surface area contributed by atoms with Gasteiger partial charge in [-0.25, -0.2) is 4.99 Å². The van der Waals surface area contributed by atoms with Crippen molar-refractivity contribution in [3.05, 3.63) is 84.5 Å². The highest BCUT2D eigenvalue weighted by Gasteiger charge is 2.32. The molecule has 0 spiro atoms. The highest BCUT2D eigenvalue weighted by atomic mass is 16.3. The number of nitrogens with zero attached hydrogens (tertiary/aromatic N) is 3. The maximum absolute atomic E-state index is 12.8. The van der Waals surface area contributed by atoms with E-state index >= 15 is 0 Å². The molecule has 0 aromatic heterocycles. The molecule has 1 unspecified atom stereocenters. The van der Waals surface area contributed by atoms with Gasteiger partial charge < -0.3 is 10.0 Å². The standard InChI is InChI=1S/C21H21N3O3.C4H8/c1-4-11-24-18-8-6-5-7-17(18)19(21(24)27)22-15-9-10-16(14(12-15)13-25)20(26)23(2)3;1-3-4-2/h4-10,12-13,20,26H,1,11H2,2-3H3;3H,1,4H2,2H3. The number of hydrogen-bond acceptors (Lipinski definition) is 5. The Morgan fingerprint density at radius 2 is 1.84 bits per heavy atom. The third-order valence-corrected chi connectivity index (χ3v) is 4.70. The normalized spacial score (nSPS) is 14.7. The van der Waals surface area contributed by atoms with Gasteiger partial charge in [0.25, 0.3) is 5.91 Å². The molecule has 3 rings (SSSR count). The number of hydrogen-bond donors (Lipinski definition) is 1. The number of carbonyl (C=O) groups is 2. The third-order valence-electron chi connectivity index (χ3n) is 4.70. The van der Waals surface area contributed by atoms with Crippen molar-refractivity contribution in [3.63, 3.8) is 0 Å². The zero-order valence-electron chi connectivity index (χ0n) is 18.3. The number of aliphatic imine (C=N–C) groups is 1. The van der Waals surface area contributed by atoms with Crippen LogP contribution in [0.1, 0.15) is 41.1 Å². The van der Waals surface area contributed by atoms with Gasteiger partial charge in [-0.2, -0.15) is 0 Å². The summed E-state index contributed by atoms with van der Waals surface area (Å²) in [5.74, 6) is -0.207. The number of aliphatic hydroxyl groups is 1. The molecule has 0 bridgehead atoms. The van der Waals surface area contributed by atoms with Crippen LogP contribution in [0, 0.1) is 0 Å². The molecular weight excluding hydrogens is 390 g/mol. The second-order valence-corrected chi connectivity index (χ2v) is 7.15. The van der Waals surface area contributed by atoms with Gasteiger partial charge in [0.05, 0.1) is 11.4 Å². The second-order valence-electron chi connectivity index (χ2n) is 7.15. The summed E-state index contributed by atoms with van der Waals surface area (Å²) < 4.78 is 0. The van der Waals surface area contributed by atoms with Crippen molar-refractivity contribution in [1.82, 2.24) is 4.90 Å². The van der Waals surface area contributed by atoms with Crippen LogP contribution in [-0.2, 0) is 4.79 Å². The Hall–Kier alpha value is -3.35. The predicted octanol–water partition coefficient (Wildman–Crippen LogP) is 4.29. The van der Waals surface area contributed by atoms with Crippen molar-refractivity contribution in [3.8, 4) is 0 Å². The fourth-order valence-electron chi connectivity index (χ4n) is 3.06. The van der Waals surface area contributed by atoms with Crippen LogP contribution in [0.5, 0.6) is 0 Å². The van der Waals surface area contributed by atoms with Crippen LogP contribution in [0.2, 0.25) is 0 Å².